The Labute approximate surface area is 129 Å². The molecular formula is C16H20N6. The van der Waals surface area contributed by atoms with Crippen LogP contribution < -0.4 is 16.0 Å². The topological polar surface area (TPSA) is 71.5 Å². The first-order valence-electron chi connectivity index (χ1n) is 7.16. The van der Waals surface area contributed by atoms with E-state index in [0.29, 0.717) is 5.95 Å². The fraction of sp³-hybridized carbons (Fsp3) is 0.250. The number of pyridine rings is 1. The van der Waals surface area contributed by atoms with Crippen LogP contribution in [0.25, 0.3) is 5.65 Å². The zero-order chi connectivity index (χ0) is 15.7. The zero-order valence-electron chi connectivity index (χ0n) is 13.0. The highest BCUT2D eigenvalue weighted by atomic mass is 15.3. The van der Waals surface area contributed by atoms with Crippen LogP contribution in [0.1, 0.15) is 11.3 Å². The Kier molecular flexibility index (Phi) is 3.58. The fourth-order valence-corrected chi connectivity index (χ4v) is 2.38. The molecule has 0 atom stereocenters. The number of aromatic nitrogens is 3. The van der Waals surface area contributed by atoms with Crippen molar-refractivity contribution in [3.63, 3.8) is 0 Å². The van der Waals surface area contributed by atoms with Gasteiger partial charge in [0.25, 0.3) is 0 Å². The lowest BCUT2D eigenvalue weighted by Crippen LogP contribution is -2.09. The van der Waals surface area contributed by atoms with Crippen LogP contribution in [-0.4, -0.2) is 28.7 Å². The SMILES string of the molecule is Cc1c(NCc2ccc(N(C)C)cc2)ccc2nc(N)nn12. The van der Waals surface area contributed by atoms with Crippen LogP contribution >= 0.6 is 0 Å². The summed E-state index contributed by atoms with van der Waals surface area (Å²) in [6.45, 7) is 2.75. The highest BCUT2D eigenvalue weighted by Crippen LogP contribution is 2.18. The van der Waals surface area contributed by atoms with Crippen molar-refractivity contribution in [2.75, 3.05) is 30.0 Å². The maximum atomic E-state index is 5.65. The number of hydrogen-bond donors (Lipinski definition) is 2. The van der Waals surface area contributed by atoms with Crippen molar-refractivity contribution in [2.45, 2.75) is 13.5 Å². The van der Waals surface area contributed by atoms with E-state index in [4.69, 9.17) is 5.73 Å². The van der Waals surface area contributed by atoms with E-state index in [1.165, 1.54) is 11.3 Å². The lowest BCUT2D eigenvalue weighted by Gasteiger charge is -2.14. The second-order valence-electron chi connectivity index (χ2n) is 5.49. The molecule has 3 aromatic rings. The summed E-state index contributed by atoms with van der Waals surface area (Å²) in [6.07, 6.45) is 0. The molecule has 0 radical (unpaired) electrons. The Morgan fingerprint density at radius 1 is 1.14 bits per heavy atom. The van der Waals surface area contributed by atoms with Crippen molar-refractivity contribution in [3.05, 3.63) is 47.7 Å². The van der Waals surface area contributed by atoms with Gasteiger partial charge in [0, 0.05) is 26.3 Å². The number of nitrogen functional groups attached to an aromatic ring is 1. The summed E-state index contributed by atoms with van der Waals surface area (Å²) < 4.78 is 1.76. The summed E-state index contributed by atoms with van der Waals surface area (Å²) in [6, 6.07) is 12.4. The van der Waals surface area contributed by atoms with Crippen LogP contribution in [0.3, 0.4) is 0 Å². The number of nitrogens with zero attached hydrogens (tertiary/aromatic N) is 4. The van der Waals surface area contributed by atoms with Crippen molar-refractivity contribution in [1.82, 2.24) is 14.6 Å². The molecule has 0 bridgehead atoms. The van der Waals surface area contributed by atoms with Gasteiger partial charge in [0.15, 0.2) is 5.65 Å². The molecule has 0 spiro atoms. The predicted octanol–water partition coefficient (Wildman–Crippen LogP) is 2.30. The minimum absolute atomic E-state index is 0.291. The third kappa shape index (κ3) is 2.67. The molecule has 0 unspecified atom stereocenters. The van der Waals surface area contributed by atoms with Crippen LogP contribution in [0, 0.1) is 6.92 Å². The van der Waals surface area contributed by atoms with Gasteiger partial charge in [-0.1, -0.05) is 12.1 Å². The lowest BCUT2D eigenvalue weighted by atomic mass is 10.2. The molecule has 2 heterocycles. The molecule has 0 amide bonds. The summed E-state index contributed by atoms with van der Waals surface area (Å²) in [7, 11) is 4.07. The third-order valence-electron chi connectivity index (χ3n) is 3.69. The van der Waals surface area contributed by atoms with Gasteiger partial charge in [-0.25, -0.2) is 4.52 Å². The first-order valence-corrected chi connectivity index (χ1v) is 7.16. The van der Waals surface area contributed by atoms with Crippen molar-refractivity contribution in [2.24, 2.45) is 0 Å². The molecule has 0 aliphatic heterocycles. The number of hydrogen-bond acceptors (Lipinski definition) is 5. The molecule has 22 heavy (non-hydrogen) atoms. The molecule has 6 nitrogen and oxygen atoms in total. The number of nitrogens with one attached hydrogen (secondary N) is 1. The molecule has 6 heteroatoms. The molecule has 0 saturated carbocycles. The maximum Gasteiger partial charge on any atom is 0.240 e. The molecule has 1 aromatic carbocycles. The van der Waals surface area contributed by atoms with Crippen LogP contribution in [0.4, 0.5) is 17.3 Å². The van der Waals surface area contributed by atoms with Crippen LogP contribution in [-0.2, 0) is 6.54 Å². The average Bonchev–Trinajstić information content (AvgIpc) is 2.88. The Hall–Kier alpha value is -2.76. The average molecular weight is 296 g/mol. The van der Waals surface area contributed by atoms with E-state index in [0.717, 1.165) is 23.6 Å². The van der Waals surface area contributed by atoms with Gasteiger partial charge in [-0.05, 0) is 36.8 Å². The fourth-order valence-electron chi connectivity index (χ4n) is 2.38. The van der Waals surface area contributed by atoms with Gasteiger partial charge in [0.1, 0.15) is 0 Å². The zero-order valence-corrected chi connectivity index (χ0v) is 13.0. The Balaban J connectivity index is 1.77. The lowest BCUT2D eigenvalue weighted by molar-refractivity contribution is 0.917. The largest absolute Gasteiger partial charge is 0.379 e. The van der Waals surface area contributed by atoms with Gasteiger partial charge in [0.05, 0.1) is 11.4 Å². The number of fused-ring (bicyclic) bond motifs is 1. The van der Waals surface area contributed by atoms with E-state index in [2.05, 4.69) is 44.6 Å². The molecule has 0 aliphatic rings. The second-order valence-corrected chi connectivity index (χ2v) is 5.49. The minimum Gasteiger partial charge on any atom is -0.379 e. The first kappa shape index (κ1) is 14.2. The van der Waals surface area contributed by atoms with Crippen molar-refractivity contribution in [3.8, 4) is 0 Å². The molecular weight excluding hydrogens is 276 g/mol. The summed E-state index contributed by atoms with van der Waals surface area (Å²) >= 11 is 0. The third-order valence-corrected chi connectivity index (χ3v) is 3.69. The van der Waals surface area contributed by atoms with Crippen molar-refractivity contribution < 1.29 is 0 Å². The molecule has 3 N–H and O–H groups in total. The highest BCUT2D eigenvalue weighted by Gasteiger charge is 2.07. The van der Waals surface area contributed by atoms with E-state index in [1.54, 1.807) is 4.52 Å². The van der Waals surface area contributed by atoms with Gasteiger partial charge >= 0.3 is 0 Å². The van der Waals surface area contributed by atoms with E-state index in [9.17, 15) is 0 Å². The standard InChI is InChI=1S/C16H20N6/c1-11-14(8-9-15-19-16(17)20-22(11)15)18-10-12-4-6-13(7-5-12)21(2)3/h4-9,18H,10H2,1-3H3,(H2,17,20). The number of anilines is 3. The maximum absolute atomic E-state index is 5.65. The van der Waals surface area contributed by atoms with Gasteiger partial charge in [0.2, 0.25) is 5.95 Å². The summed E-state index contributed by atoms with van der Waals surface area (Å²) in [4.78, 5) is 6.24. The van der Waals surface area contributed by atoms with Crippen molar-refractivity contribution >= 4 is 23.0 Å². The second kappa shape index (κ2) is 5.55. The van der Waals surface area contributed by atoms with Crippen LogP contribution in [0.2, 0.25) is 0 Å². The number of benzene rings is 1. The molecule has 2 aromatic heterocycles. The Morgan fingerprint density at radius 2 is 1.86 bits per heavy atom. The van der Waals surface area contributed by atoms with E-state index >= 15 is 0 Å². The summed E-state index contributed by atoms with van der Waals surface area (Å²) in [5, 5.41) is 7.63. The van der Waals surface area contributed by atoms with Gasteiger partial charge in [-0.3, -0.25) is 0 Å². The molecule has 0 saturated heterocycles. The molecule has 0 fully saturated rings. The summed E-state index contributed by atoms with van der Waals surface area (Å²) in [5.41, 5.74) is 10.8. The highest BCUT2D eigenvalue weighted by molar-refractivity contribution is 5.56. The molecule has 114 valence electrons. The monoisotopic (exact) mass is 296 g/mol. The molecule has 3 rings (SSSR count). The van der Waals surface area contributed by atoms with E-state index in [-0.39, 0.29) is 0 Å². The quantitative estimate of drug-likeness (QED) is 0.773. The van der Waals surface area contributed by atoms with Gasteiger partial charge in [-0.15, -0.1) is 5.10 Å². The Bertz CT molecular complexity index is 788. The van der Waals surface area contributed by atoms with Gasteiger partial charge < -0.3 is 16.0 Å². The first-order chi connectivity index (χ1) is 10.5. The number of nitrogens with two attached hydrogens (primary N) is 1. The van der Waals surface area contributed by atoms with Crippen LogP contribution in [0.5, 0.6) is 0 Å². The predicted molar refractivity (Wildman–Crippen MR) is 90.2 cm³/mol. The smallest absolute Gasteiger partial charge is 0.240 e. The van der Waals surface area contributed by atoms with E-state index in [1.807, 2.05) is 33.2 Å². The Morgan fingerprint density at radius 3 is 2.55 bits per heavy atom. The normalized spacial score (nSPS) is 10.9. The number of aryl methyl sites for hydroxylation is 1. The number of rotatable bonds is 4. The summed E-state index contributed by atoms with van der Waals surface area (Å²) in [5.74, 6) is 0.291. The molecule has 0 aliphatic carbocycles. The van der Waals surface area contributed by atoms with Crippen molar-refractivity contribution in [1.29, 1.82) is 0 Å². The van der Waals surface area contributed by atoms with Crippen LogP contribution in [0.15, 0.2) is 36.4 Å². The minimum atomic E-state index is 0.291. The van der Waals surface area contributed by atoms with Gasteiger partial charge in [-0.2, -0.15) is 4.98 Å². The van der Waals surface area contributed by atoms with E-state index < -0.39 is 0 Å².